The van der Waals surface area contributed by atoms with Crippen molar-refractivity contribution in [1.82, 2.24) is 0 Å². The van der Waals surface area contributed by atoms with E-state index in [9.17, 15) is 13.2 Å². The van der Waals surface area contributed by atoms with Crippen molar-refractivity contribution in [2.45, 2.75) is 32.4 Å². The number of aliphatic imine (C=N–C) groups is 2. The van der Waals surface area contributed by atoms with Crippen molar-refractivity contribution in [3.63, 3.8) is 0 Å². The van der Waals surface area contributed by atoms with Crippen LogP contribution in [-0.2, 0) is 0 Å². The van der Waals surface area contributed by atoms with Gasteiger partial charge in [-0.3, -0.25) is 0 Å². The molecule has 1 fully saturated rings. The number of nitriles is 1. The fourth-order valence-electron chi connectivity index (χ4n) is 1.48. The predicted octanol–water partition coefficient (Wildman–Crippen LogP) is 3.49. The first-order valence-corrected chi connectivity index (χ1v) is 5.56. The van der Waals surface area contributed by atoms with Crippen molar-refractivity contribution in [2.24, 2.45) is 21.8 Å². The van der Waals surface area contributed by atoms with Crippen LogP contribution in [0.2, 0.25) is 0 Å². The number of allylic oxidation sites excluding steroid dienone is 1. The molecule has 6 heteroatoms. The Morgan fingerprint density at radius 1 is 1.56 bits per heavy atom. The van der Waals surface area contributed by atoms with E-state index in [0.717, 1.165) is 19.0 Å². The van der Waals surface area contributed by atoms with Crippen LogP contribution in [0.5, 0.6) is 0 Å². The van der Waals surface area contributed by atoms with E-state index in [1.807, 2.05) is 0 Å². The molecule has 0 saturated heterocycles. The average molecular weight is 257 g/mol. The fraction of sp³-hybridized carbons (Fsp3) is 0.583. The largest absolute Gasteiger partial charge is 0.451 e. The molecule has 0 aromatic carbocycles. The third-order valence-corrected chi connectivity index (χ3v) is 2.77. The molecule has 98 valence electrons. The Morgan fingerprint density at radius 3 is 2.56 bits per heavy atom. The Labute approximate surface area is 104 Å². The van der Waals surface area contributed by atoms with Crippen molar-refractivity contribution in [3.05, 3.63) is 11.8 Å². The minimum atomic E-state index is -4.61. The summed E-state index contributed by atoms with van der Waals surface area (Å²) in [7, 11) is 0. The minimum Gasteiger partial charge on any atom is -0.241 e. The molecular weight excluding hydrogens is 243 g/mol. The van der Waals surface area contributed by atoms with Gasteiger partial charge in [0, 0.05) is 6.20 Å². The highest BCUT2D eigenvalue weighted by molar-refractivity contribution is 5.91. The second-order valence-corrected chi connectivity index (χ2v) is 4.34. The van der Waals surface area contributed by atoms with Crippen LogP contribution in [-0.4, -0.2) is 18.7 Å². The van der Waals surface area contributed by atoms with Gasteiger partial charge in [0.2, 0.25) is 5.84 Å². The molecule has 1 saturated carbocycles. The first kappa shape index (κ1) is 14.4. The van der Waals surface area contributed by atoms with Gasteiger partial charge in [0.1, 0.15) is 0 Å². The Morgan fingerprint density at radius 2 is 2.17 bits per heavy atom. The summed E-state index contributed by atoms with van der Waals surface area (Å²) >= 11 is 0. The lowest BCUT2D eigenvalue weighted by molar-refractivity contribution is -0.0596. The Hall–Kier alpha value is -1.64. The van der Waals surface area contributed by atoms with Gasteiger partial charge in [-0.25, -0.2) is 9.98 Å². The first-order valence-electron chi connectivity index (χ1n) is 5.56. The lowest BCUT2D eigenvalue weighted by Crippen LogP contribution is -2.20. The molecule has 0 aromatic heterocycles. The molecule has 0 bridgehead atoms. The summed E-state index contributed by atoms with van der Waals surface area (Å²) < 4.78 is 36.9. The maximum atomic E-state index is 12.3. The fourth-order valence-corrected chi connectivity index (χ4v) is 1.48. The zero-order valence-corrected chi connectivity index (χ0v) is 10.0. The average Bonchev–Trinajstić information content (AvgIpc) is 3.08. The molecule has 0 aliphatic heterocycles. The van der Waals surface area contributed by atoms with Crippen LogP contribution < -0.4 is 0 Å². The summed E-state index contributed by atoms with van der Waals surface area (Å²) in [6.45, 7) is 4.44. The number of hydrogen-bond acceptors (Lipinski definition) is 2. The predicted molar refractivity (Wildman–Crippen MR) is 63.2 cm³/mol. The van der Waals surface area contributed by atoms with Crippen LogP contribution in [0, 0.1) is 23.2 Å². The minimum absolute atomic E-state index is 0.374. The number of halogens is 3. The zero-order chi connectivity index (χ0) is 13.8. The number of amidine groups is 1. The van der Waals surface area contributed by atoms with E-state index in [0.29, 0.717) is 17.9 Å². The highest BCUT2D eigenvalue weighted by Gasteiger charge is 2.35. The number of rotatable bonds is 4. The van der Waals surface area contributed by atoms with Crippen molar-refractivity contribution < 1.29 is 13.2 Å². The molecule has 1 aliphatic carbocycles. The molecule has 0 spiro atoms. The summed E-state index contributed by atoms with van der Waals surface area (Å²) in [5.41, 5.74) is 0.523. The number of hydrogen-bond donors (Lipinski definition) is 0. The Bertz CT molecular complexity index is 411. The van der Waals surface area contributed by atoms with Crippen LogP contribution in [0.15, 0.2) is 21.8 Å². The van der Waals surface area contributed by atoms with Crippen LogP contribution in [0.3, 0.4) is 0 Å². The van der Waals surface area contributed by atoms with Gasteiger partial charge < -0.3 is 0 Å². The third kappa shape index (κ3) is 4.32. The van der Waals surface area contributed by atoms with Gasteiger partial charge in [0.25, 0.3) is 0 Å². The van der Waals surface area contributed by atoms with Crippen molar-refractivity contribution in [3.8, 4) is 6.07 Å². The third-order valence-electron chi connectivity index (χ3n) is 2.77. The number of nitrogens with zero attached hydrogens (tertiary/aromatic N) is 3. The highest BCUT2D eigenvalue weighted by atomic mass is 19.4. The zero-order valence-electron chi connectivity index (χ0n) is 10.0. The molecule has 0 amide bonds. The van der Waals surface area contributed by atoms with E-state index in [1.165, 1.54) is 0 Å². The van der Waals surface area contributed by atoms with Gasteiger partial charge in [-0.2, -0.15) is 18.4 Å². The second-order valence-electron chi connectivity index (χ2n) is 4.34. The van der Waals surface area contributed by atoms with Crippen LogP contribution in [0.25, 0.3) is 0 Å². The normalized spacial score (nSPS) is 19.3. The van der Waals surface area contributed by atoms with Gasteiger partial charge in [-0.15, -0.1) is 0 Å². The summed E-state index contributed by atoms with van der Waals surface area (Å²) in [5.74, 6) is -1.13. The van der Waals surface area contributed by atoms with E-state index in [4.69, 9.17) is 5.26 Å². The van der Waals surface area contributed by atoms with E-state index in [-0.39, 0.29) is 5.92 Å². The van der Waals surface area contributed by atoms with E-state index < -0.39 is 12.0 Å². The molecule has 0 aromatic rings. The molecule has 3 nitrogen and oxygen atoms in total. The quantitative estimate of drug-likeness (QED) is 0.561. The first-order chi connectivity index (χ1) is 8.38. The molecule has 1 rings (SSSR count). The molecule has 0 heterocycles. The van der Waals surface area contributed by atoms with Gasteiger partial charge >= 0.3 is 6.18 Å². The highest BCUT2D eigenvalue weighted by Crippen LogP contribution is 2.37. The molecule has 1 unspecified atom stereocenters. The standard InChI is InChI=1S/C12H14F3N3/c1-8(10(6-16)5-9-3-4-9)7-18-11(17-2)12(13,14)15/h7,9-10H,2-5H2,1H3/b8-7+,18-11?. The Balaban J connectivity index is 2.77. The Kier molecular flexibility index (Phi) is 4.65. The molecule has 1 aliphatic rings. The molecular formula is C12H14F3N3. The summed E-state index contributed by atoms with van der Waals surface area (Å²) in [4.78, 5) is 6.10. The van der Waals surface area contributed by atoms with E-state index in [2.05, 4.69) is 22.8 Å². The molecule has 1 atom stereocenters. The SMILES string of the molecule is C=NC(=N/C=C(\C)C(C#N)CC1CC1)C(F)(F)F. The van der Waals surface area contributed by atoms with Crippen molar-refractivity contribution >= 4 is 12.6 Å². The maximum absolute atomic E-state index is 12.3. The monoisotopic (exact) mass is 257 g/mol. The second kappa shape index (κ2) is 5.80. The summed E-state index contributed by atoms with van der Waals surface area (Å²) in [5, 5.41) is 8.96. The van der Waals surface area contributed by atoms with Crippen molar-refractivity contribution in [1.29, 1.82) is 5.26 Å². The lowest BCUT2D eigenvalue weighted by atomic mass is 9.97. The van der Waals surface area contributed by atoms with Crippen LogP contribution >= 0.6 is 0 Å². The van der Waals surface area contributed by atoms with Gasteiger partial charge in [0.15, 0.2) is 0 Å². The smallest absolute Gasteiger partial charge is 0.241 e. The topological polar surface area (TPSA) is 48.5 Å². The maximum Gasteiger partial charge on any atom is 0.451 e. The molecule has 18 heavy (non-hydrogen) atoms. The summed E-state index contributed by atoms with van der Waals surface area (Å²) in [6.07, 6.45) is -0.671. The van der Waals surface area contributed by atoms with Gasteiger partial charge in [0.05, 0.1) is 12.0 Å². The number of alkyl halides is 3. The van der Waals surface area contributed by atoms with E-state index in [1.54, 1.807) is 6.92 Å². The van der Waals surface area contributed by atoms with Crippen molar-refractivity contribution in [2.75, 3.05) is 0 Å². The summed E-state index contributed by atoms with van der Waals surface area (Å²) in [6, 6.07) is 2.09. The molecule has 0 radical (unpaired) electrons. The lowest BCUT2D eigenvalue weighted by Gasteiger charge is -2.08. The van der Waals surface area contributed by atoms with Crippen LogP contribution in [0.4, 0.5) is 13.2 Å². The van der Waals surface area contributed by atoms with E-state index >= 15 is 0 Å². The van der Waals surface area contributed by atoms with Gasteiger partial charge in [-0.05, 0) is 31.6 Å². The van der Waals surface area contributed by atoms with Crippen LogP contribution in [0.1, 0.15) is 26.2 Å². The van der Waals surface area contributed by atoms with Gasteiger partial charge in [-0.1, -0.05) is 12.8 Å². The molecule has 0 N–H and O–H groups in total.